The maximum absolute atomic E-state index is 10.3. The molecule has 0 saturated carbocycles. The van der Waals surface area contributed by atoms with Gasteiger partial charge in [0.15, 0.2) is 0 Å². The topological polar surface area (TPSA) is 44.7 Å². The molecule has 5 heteroatoms. The number of hydrogen-bond acceptors (Lipinski definition) is 4. The molecule has 30 heavy (non-hydrogen) atoms. The number of nitrogens with zero attached hydrogens (tertiary/aromatic N) is 1. The molecule has 1 radical (unpaired) electrons. The van der Waals surface area contributed by atoms with Crippen molar-refractivity contribution < 1.29 is 9.76 Å². The summed E-state index contributed by atoms with van der Waals surface area (Å²) < 4.78 is 5.94. The van der Waals surface area contributed by atoms with E-state index in [4.69, 9.17) is 4.65 Å². The van der Waals surface area contributed by atoms with E-state index in [-0.39, 0.29) is 6.17 Å². The number of para-hydroxylation sites is 3. The van der Waals surface area contributed by atoms with E-state index in [1.165, 1.54) is 16.9 Å². The van der Waals surface area contributed by atoms with Gasteiger partial charge in [-0.15, -0.1) is 0 Å². The molecule has 2 aromatic rings. The second-order valence-corrected chi connectivity index (χ2v) is 9.06. The highest BCUT2D eigenvalue weighted by molar-refractivity contribution is 6.38. The van der Waals surface area contributed by atoms with Crippen LogP contribution in [0.3, 0.4) is 0 Å². The van der Waals surface area contributed by atoms with Crippen molar-refractivity contribution in [2.24, 2.45) is 0 Å². The fourth-order valence-corrected chi connectivity index (χ4v) is 3.65. The number of fused-ring (bicyclic) bond motifs is 1. The Morgan fingerprint density at radius 3 is 2.33 bits per heavy atom. The Morgan fingerprint density at radius 2 is 1.67 bits per heavy atom. The van der Waals surface area contributed by atoms with Gasteiger partial charge in [-0.3, -0.25) is 0 Å². The lowest BCUT2D eigenvalue weighted by Gasteiger charge is -2.38. The Bertz CT molecular complexity index is 961. The Labute approximate surface area is 180 Å². The van der Waals surface area contributed by atoms with Gasteiger partial charge in [0.25, 0.3) is 0 Å². The predicted molar refractivity (Wildman–Crippen MR) is 125 cm³/mol. The van der Waals surface area contributed by atoms with Gasteiger partial charge < -0.3 is 20.0 Å². The summed E-state index contributed by atoms with van der Waals surface area (Å²) in [5.74, 6) is 0. The number of hydrogen-bond donors (Lipinski definition) is 2. The molecular formula is C25H30BN2O2. The predicted octanol–water partition coefficient (Wildman–Crippen LogP) is 5.37. The van der Waals surface area contributed by atoms with Crippen molar-refractivity contribution in [2.75, 3.05) is 10.2 Å². The normalized spacial score (nSPS) is 19.0. The van der Waals surface area contributed by atoms with E-state index in [2.05, 4.69) is 70.9 Å². The molecule has 0 saturated heterocycles. The van der Waals surface area contributed by atoms with E-state index < -0.39 is 11.2 Å². The molecule has 1 aliphatic heterocycles. The quantitative estimate of drug-likeness (QED) is 0.640. The minimum Gasteiger partial charge on any atom is -0.427 e. The van der Waals surface area contributed by atoms with Crippen molar-refractivity contribution in [2.45, 2.75) is 57.9 Å². The molecule has 2 aliphatic rings. The third-order valence-electron chi connectivity index (χ3n) is 6.29. The highest BCUT2D eigenvalue weighted by Gasteiger charge is 2.36. The van der Waals surface area contributed by atoms with Crippen molar-refractivity contribution >= 4 is 24.5 Å². The fraction of sp³-hybridized carbons (Fsp3) is 0.360. The van der Waals surface area contributed by atoms with Gasteiger partial charge in [0, 0.05) is 5.69 Å². The summed E-state index contributed by atoms with van der Waals surface area (Å²) in [5, 5.41) is 14.0. The van der Waals surface area contributed by atoms with E-state index >= 15 is 0 Å². The minimum atomic E-state index is -0.921. The lowest BCUT2D eigenvalue weighted by atomic mass is 9.77. The first-order chi connectivity index (χ1) is 14.3. The molecule has 155 valence electrons. The number of anilines is 3. The van der Waals surface area contributed by atoms with Crippen LogP contribution in [0, 0.1) is 0 Å². The lowest BCUT2D eigenvalue weighted by molar-refractivity contribution is -0.0897. The Kier molecular flexibility index (Phi) is 5.52. The first kappa shape index (κ1) is 20.8. The van der Waals surface area contributed by atoms with Crippen LogP contribution in [0.15, 0.2) is 77.8 Å². The van der Waals surface area contributed by atoms with Crippen LogP contribution in [0.4, 0.5) is 17.1 Å². The number of nitrogens with one attached hydrogen (secondary N) is 1. The summed E-state index contributed by atoms with van der Waals surface area (Å²) in [4.78, 5) is 2.37. The van der Waals surface area contributed by atoms with Crippen LogP contribution in [0.2, 0.25) is 0 Å². The number of allylic oxidation sites excluding steroid dienone is 3. The highest BCUT2D eigenvalue weighted by atomic mass is 16.5. The maximum Gasteiger partial charge on any atom is 0.326 e. The molecule has 0 fully saturated rings. The average molecular weight is 401 g/mol. The summed E-state index contributed by atoms with van der Waals surface area (Å²) >= 11 is 0. The molecule has 1 heterocycles. The smallest absolute Gasteiger partial charge is 0.326 e. The zero-order valence-corrected chi connectivity index (χ0v) is 18.2. The van der Waals surface area contributed by atoms with Gasteiger partial charge in [0.1, 0.15) is 6.17 Å². The largest absolute Gasteiger partial charge is 0.427 e. The van der Waals surface area contributed by atoms with Crippen LogP contribution in [-0.2, 0) is 4.65 Å². The number of benzene rings is 2. The zero-order chi connectivity index (χ0) is 21.4. The number of rotatable bonds is 6. The van der Waals surface area contributed by atoms with Crippen LogP contribution in [0.25, 0.3) is 0 Å². The molecule has 1 atom stereocenters. The average Bonchev–Trinajstić information content (AvgIpc) is 3.12. The van der Waals surface area contributed by atoms with Crippen LogP contribution < -0.4 is 10.2 Å². The molecular weight excluding hydrogens is 371 g/mol. The molecule has 0 amide bonds. The Balaban J connectivity index is 1.54. The van der Waals surface area contributed by atoms with Gasteiger partial charge in [0.2, 0.25) is 0 Å². The van der Waals surface area contributed by atoms with E-state index in [1.54, 1.807) is 21.3 Å². The lowest BCUT2D eigenvalue weighted by Crippen LogP contribution is -2.48. The van der Waals surface area contributed by atoms with Gasteiger partial charge in [-0.2, -0.15) is 0 Å². The second-order valence-electron chi connectivity index (χ2n) is 9.06. The van der Waals surface area contributed by atoms with Crippen LogP contribution in [-0.4, -0.2) is 30.0 Å². The molecule has 1 aliphatic carbocycles. The summed E-state index contributed by atoms with van der Waals surface area (Å²) in [6.07, 6.45) is 6.29. The first-order valence-electron chi connectivity index (χ1n) is 10.6. The van der Waals surface area contributed by atoms with Crippen molar-refractivity contribution in [3.8, 4) is 0 Å². The van der Waals surface area contributed by atoms with E-state index in [9.17, 15) is 5.11 Å². The monoisotopic (exact) mass is 401 g/mol. The minimum absolute atomic E-state index is 0.0938. The van der Waals surface area contributed by atoms with Gasteiger partial charge >= 0.3 is 7.48 Å². The maximum atomic E-state index is 10.3. The van der Waals surface area contributed by atoms with Crippen molar-refractivity contribution in [3.63, 3.8) is 0 Å². The van der Waals surface area contributed by atoms with Crippen molar-refractivity contribution in [1.82, 2.24) is 0 Å². The molecule has 4 rings (SSSR count). The van der Waals surface area contributed by atoms with Gasteiger partial charge in [-0.05, 0) is 70.4 Å². The summed E-state index contributed by atoms with van der Waals surface area (Å²) in [7, 11) is 1.80. The molecule has 2 aromatic carbocycles. The molecule has 2 N–H and O–H groups in total. The second kappa shape index (κ2) is 7.97. The summed E-state index contributed by atoms with van der Waals surface area (Å²) in [6.45, 7) is 7.36. The van der Waals surface area contributed by atoms with Crippen molar-refractivity contribution in [3.05, 3.63) is 77.8 Å². The SMILES string of the molecule is CC(C)(O)C(C)(C)O[B]C1=CC=C(C2Nc3ccccc3N2c2ccccc2)CC1. The summed E-state index contributed by atoms with van der Waals surface area (Å²) in [5.41, 5.74) is 4.44. The highest BCUT2D eigenvalue weighted by Crippen LogP contribution is 2.43. The molecule has 0 aromatic heterocycles. The summed E-state index contributed by atoms with van der Waals surface area (Å²) in [6, 6.07) is 19.0. The third kappa shape index (κ3) is 4.05. The van der Waals surface area contributed by atoms with Crippen molar-refractivity contribution in [1.29, 1.82) is 0 Å². The van der Waals surface area contributed by atoms with Gasteiger partial charge in [-0.25, -0.2) is 0 Å². The Hall–Kier alpha value is -2.50. The zero-order valence-electron chi connectivity index (χ0n) is 18.2. The van der Waals surface area contributed by atoms with Crippen LogP contribution >= 0.6 is 0 Å². The molecule has 1 unspecified atom stereocenters. The molecule has 0 spiro atoms. The fourth-order valence-electron chi connectivity index (χ4n) is 3.65. The molecule has 0 bridgehead atoms. The first-order valence-corrected chi connectivity index (χ1v) is 10.6. The van der Waals surface area contributed by atoms with E-state index in [1.807, 2.05) is 19.9 Å². The number of aliphatic hydroxyl groups is 1. The molecule has 4 nitrogen and oxygen atoms in total. The standard InChI is InChI=1S/C25H30BN2O2/c1-24(2,29)25(3,4)30-26-19-16-14-18(15-17-19)23-27-21-12-8-9-13-22(21)28(23)20-10-6-5-7-11-20/h5-14,16,23,27,29H,15,17H2,1-4H3. The van der Waals surface area contributed by atoms with Gasteiger partial charge in [-0.1, -0.05) is 48.0 Å². The van der Waals surface area contributed by atoms with E-state index in [0.29, 0.717) is 0 Å². The van der Waals surface area contributed by atoms with Gasteiger partial charge in [0.05, 0.1) is 22.6 Å². The Morgan fingerprint density at radius 1 is 0.967 bits per heavy atom. The third-order valence-corrected chi connectivity index (χ3v) is 6.29. The van der Waals surface area contributed by atoms with Crippen LogP contribution in [0.1, 0.15) is 40.5 Å². The van der Waals surface area contributed by atoms with E-state index in [0.717, 1.165) is 24.0 Å². The van der Waals surface area contributed by atoms with Crippen LogP contribution in [0.5, 0.6) is 0 Å².